The zero-order valence-electron chi connectivity index (χ0n) is 16.7. The Labute approximate surface area is 176 Å². The molecule has 0 saturated heterocycles. The van der Waals surface area contributed by atoms with E-state index in [-0.39, 0.29) is 18.4 Å². The van der Waals surface area contributed by atoms with Crippen LogP contribution in [0, 0.1) is 20.8 Å². The van der Waals surface area contributed by atoms with Crippen molar-refractivity contribution in [3.05, 3.63) is 57.1 Å². The number of hydrogen-bond donors (Lipinski definition) is 2. The highest BCUT2D eigenvalue weighted by atomic mass is 35.5. The molecule has 150 valence electrons. The molecule has 0 heterocycles. The van der Waals surface area contributed by atoms with Crippen molar-refractivity contribution in [3.8, 4) is 0 Å². The first kappa shape index (κ1) is 22.2. The number of anilines is 2. The Morgan fingerprint density at radius 2 is 1.61 bits per heavy atom. The molecule has 0 aliphatic rings. The zero-order valence-corrected chi connectivity index (χ0v) is 18.2. The molecule has 2 aromatic carbocycles. The lowest BCUT2D eigenvalue weighted by Crippen LogP contribution is -2.43. The molecular weight excluding hydrogens is 397 g/mol. The molecule has 2 amide bonds. The van der Waals surface area contributed by atoms with Gasteiger partial charge in [-0.2, -0.15) is 0 Å². The Morgan fingerprint density at radius 1 is 1.00 bits per heavy atom. The molecule has 7 heteroatoms. The van der Waals surface area contributed by atoms with Crippen LogP contribution in [0.3, 0.4) is 0 Å². The normalized spacial score (nSPS) is 12.0. The van der Waals surface area contributed by atoms with E-state index in [4.69, 9.17) is 23.2 Å². The van der Waals surface area contributed by atoms with E-state index in [1.54, 1.807) is 37.1 Å². The van der Waals surface area contributed by atoms with Crippen molar-refractivity contribution in [1.29, 1.82) is 0 Å². The van der Waals surface area contributed by atoms with Crippen LogP contribution in [-0.4, -0.2) is 36.3 Å². The molecule has 0 radical (unpaired) electrons. The van der Waals surface area contributed by atoms with Gasteiger partial charge in [0.1, 0.15) is 0 Å². The molecule has 0 aromatic heterocycles. The fourth-order valence-corrected chi connectivity index (χ4v) is 3.24. The summed E-state index contributed by atoms with van der Waals surface area (Å²) >= 11 is 11.8. The van der Waals surface area contributed by atoms with Gasteiger partial charge in [0.05, 0.1) is 22.6 Å². The van der Waals surface area contributed by atoms with Crippen LogP contribution in [0.5, 0.6) is 0 Å². The van der Waals surface area contributed by atoms with Crippen molar-refractivity contribution in [1.82, 2.24) is 4.90 Å². The van der Waals surface area contributed by atoms with Gasteiger partial charge in [-0.3, -0.25) is 14.5 Å². The molecule has 0 saturated carbocycles. The van der Waals surface area contributed by atoms with Gasteiger partial charge in [-0.15, -0.1) is 0 Å². The topological polar surface area (TPSA) is 61.4 Å². The van der Waals surface area contributed by atoms with Crippen molar-refractivity contribution in [3.63, 3.8) is 0 Å². The third-order valence-corrected chi connectivity index (χ3v) is 5.30. The summed E-state index contributed by atoms with van der Waals surface area (Å²) in [6.07, 6.45) is 0. The smallest absolute Gasteiger partial charge is 0.241 e. The van der Waals surface area contributed by atoms with Crippen molar-refractivity contribution in [2.24, 2.45) is 0 Å². The molecule has 1 atom stereocenters. The lowest BCUT2D eigenvalue weighted by Gasteiger charge is -2.24. The number of amides is 2. The minimum atomic E-state index is -0.486. The Hall–Kier alpha value is -2.08. The summed E-state index contributed by atoms with van der Waals surface area (Å²) in [5.41, 5.74) is 4.54. The van der Waals surface area contributed by atoms with E-state index < -0.39 is 6.04 Å². The molecule has 2 aromatic rings. The van der Waals surface area contributed by atoms with Crippen LogP contribution in [0.4, 0.5) is 11.4 Å². The molecule has 28 heavy (non-hydrogen) atoms. The summed E-state index contributed by atoms with van der Waals surface area (Å²) in [7, 11) is 1.73. The van der Waals surface area contributed by atoms with Crippen LogP contribution in [0.25, 0.3) is 0 Å². The molecule has 2 N–H and O–H groups in total. The molecular formula is C21H25Cl2N3O2. The quantitative estimate of drug-likeness (QED) is 0.702. The van der Waals surface area contributed by atoms with E-state index in [1.807, 2.05) is 32.9 Å². The molecule has 5 nitrogen and oxygen atoms in total. The number of halogens is 2. The lowest BCUT2D eigenvalue weighted by atomic mass is 10.0. The van der Waals surface area contributed by atoms with Gasteiger partial charge in [0.15, 0.2) is 0 Å². The number of rotatable bonds is 6. The summed E-state index contributed by atoms with van der Waals surface area (Å²) in [4.78, 5) is 26.6. The first-order valence-corrected chi connectivity index (χ1v) is 9.68. The maximum atomic E-state index is 12.6. The van der Waals surface area contributed by atoms with Gasteiger partial charge in [-0.25, -0.2) is 0 Å². The maximum absolute atomic E-state index is 12.6. The van der Waals surface area contributed by atoms with Crippen LogP contribution in [0.15, 0.2) is 30.3 Å². The van der Waals surface area contributed by atoms with Crippen molar-refractivity contribution in [2.75, 3.05) is 24.2 Å². The van der Waals surface area contributed by atoms with Crippen LogP contribution >= 0.6 is 23.2 Å². The number of benzene rings is 2. The first-order chi connectivity index (χ1) is 13.1. The van der Waals surface area contributed by atoms with Gasteiger partial charge in [0.2, 0.25) is 11.8 Å². The van der Waals surface area contributed by atoms with Crippen LogP contribution in [0.1, 0.15) is 23.6 Å². The van der Waals surface area contributed by atoms with Gasteiger partial charge >= 0.3 is 0 Å². The van der Waals surface area contributed by atoms with Crippen molar-refractivity contribution >= 4 is 46.4 Å². The van der Waals surface area contributed by atoms with Crippen LogP contribution in [0.2, 0.25) is 10.0 Å². The second-order valence-corrected chi connectivity index (χ2v) is 7.85. The predicted molar refractivity (Wildman–Crippen MR) is 116 cm³/mol. The second-order valence-electron chi connectivity index (χ2n) is 7.03. The number of carbonyl (C=O) groups is 2. The fourth-order valence-electron chi connectivity index (χ4n) is 2.94. The van der Waals surface area contributed by atoms with Gasteiger partial charge in [0.25, 0.3) is 0 Å². The number of hydrogen-bond acceptors (Lipinski definition) is 3. The lowest BCUT2D eigenvalue weighted by molar-refractivity contribution is -0.122. The molecule has 0 fully saturated rings. The average Bonchev–Trinajstić information content (AvgIpc) is 2.60. The van der Waals surface area contributed by atoms with E-state index in [0.29, 0.717) is 15.7 Å². The SMILES string of the molecule is Cc1cc(C)c(NC(=O)[C@H](C)N(C)CC(=O)Nc2ccc(Cl)c(Cl)c2)c(C)c1. The summed E-state index contributed by atoms with van der Waals surface area (Å²) in [5.74, 6) is -0.414. The third kappa shape index (κ3) is 5.71. The Morgan fingerprint density at radius 3 is 2.18 bits per heavy atom. The van der Waals surface area contributed by atoms with Gasteiger partial charge < -0.3 is 10.6 Å². The van der Waals surface area contributed by atoms with E-state index in [1.165, 1.54) is 0 Å². The Kier molecular flexibility index (Phi) is 7.47. The highest BCUT2D eigenvalue weighted by molar-refractivity contribution is 6.42. The molecule has 0 aliphatic carbocycles. The van der Waals surface area contributed by atoms with E-state index in [9.17, 15) is 9.59 Å². The number of nitrogens with one attached hydrogen (secondary N) is 2. The largest absolute Gasteiger partial charge is 0.325 e. The first-order valence-electron chi connectivity index (χ1n) is 8.92. The van der Waals surface area contributed by atoms with E-state index in [2.05, 4.69) is 10.6 Å². The highest BCUT2D eigenvalue weighted by Gasteiger charge is 2.21. The van der Waals surface area contributed by atoms with Gasteiger partial charge in [-0.1, -0.05) is 40.9 Å². The molecule has 0 unspecified atom stereocenters. The number of aryl methyl sites for hydroxylation is 3. The van der Waals surface area contributed by atoms with Gasteiger partial charge in [0, 0.05) is 11.4 Å². The minimum Gasteiger partial charge on any atom is -0.325 e. The summed E-state index contributed by atoms with van der Waals surface area (Å²) in [5, 5.41) is 6.52. The predicted octanol–water partition coefficient (Wildman–Crippen LogP) is 4.82. The molecule has 0 bridgehead atoms. The Balaban J connectivity index is 1.97. The number of carbonyl (C=O) groups excluding carboxylic acids is 2. The van der Waals surface area contributed by atoms with E-state index in [0.717, 1.165) is 22.4 Å². The molecule has 2 rings (SSSR count). The van der Waals surface area contributed by atoms with Crippen LogP contribution in [-0.2, 0) is 9.59 Å². The Bertz CT molecular complexity index is 876. The maximum Gasteiger partial charge on any atom is 0.241 e. The monoisotopic (exact) mass is 421 g/mol. The van der Waals surface area contributed by atoms with Crippen LogP contribution < -0.4 is 10.6 Å². The molecule has 0 spiro atoms. The summed E-state index contributed by atoms with van der Waals surface area (Å²) < 4.78 is 0. The van der Waals surface area contributed by atoms with Crippen molar-refractivity contribution in [2.45, 2.75) is 33.7 Å². The third-order valence-electron chi connectivity index (χ3n) is 4.56. The van der Waals surface area contributed by atoms with E-state index >= 15 is 0 Å². The standard InChI is InChI=1S/C21H25Cl2N3O2/c1-12-8-13(2)20(14(3)9-12)25-21(28)15(4)26(5)11-19(27)24-16-6-7-17(22)18(23)10-16/h6-10,15H,11H2,1-5H3,(H,24,27)(H,25,28)/t15-/m0/s1. The zero-order chi connectivity index (χ0) is 21.0. The fraction of sp³-hybridized carbons (Fsp3) is 0.333. The summed E-state index contributed by atoms with van der Waals surface area (Å²) in [6, 6.07) is 8.45. The number of likely N-dealkylation sites (N-methyl/N-ethyl adjacent to an activating group) is 1. The number of nitrogens with zero attached hydrogens (tertiary/aromatic N) is 1. The molecule has 0 aliphatic heterocycles. The minimum absolute atomic E-state index is 0.0562. The van der Waals surface area contributed by atoms with Crippen molar-refractivity contribution < 1.29 is 9.59 Å². The average molecular weight is 422 g/mol. The van der Waals surface area contributed by atoms with Gasteiger partial charge in [-0.05, 0) is 64.1 Å². The highest BCUT2D eigenvalue weighted by Crippen LogP contribution is 2.25. The summed E-state index contributed by atoms with van der Waals surface area (Å²) in [6.45, 7) is 7.78. The second kappa shape index (κ2) is 9.41.